The summed E-state index contributed by atoms with van der Waals surface area (Å²) >= 11 is 1.30. The zero-order chi connectivity index (χ0) is 21.8. The molecule has 0 aliphatic carbocycles. The lowest BCUT2D eigenvalue weighted by atomic mass is 10.2. The fraction of sp³-hybridized carbons (Fsp3) is 0.125. The first-order chi connectivity index (χ1) is 14.3. The van der Waals surface area contributed by atoms with E-state index in [4.69, 9.17) is 0 Å². The molecule has 1 amide bonds. The Hall–Kier alpha value is -4.20. The van der Waals surface area contributed by atoms with Crippen LogP contribution in [-0.2, 0) is 0 Å². The summed E-state index contributed by atoms with van der Waals surface area (Å²) in [4.78, 5) is 46.4. The van der Waals surface area contributed by atoms with E-state index in [1.54, 1.807) is 6.92 Å². The van der Waals surface area contributed by atoms with E-state index in [-0.39, 0.29) is 17.2 Å². The first-order valence-electron chi connectivity index (χ1n) is 8.28. The molecule has 3 N–H and O–H groups in total. The molecule has 154 valence electrons. The molecule has 30 heavy (non-hydrogen) atoms. The van der Waals surface area contributed by atoms with Crippen LogP contribution >= 0.6 is 11.3 Å². The summed E-state index contributed by atoms with van der Waals surface area (Å²) < 4.78 is 0. The number of hydrogen-bond acceptors (Lipinski definition) is 11. The lowest BCUT2D eigenvalue weighted by Crippen LogP contribution is -2.30. The Morgan fingerprint density at radius 3 is 2.40 bits per heavy atom. The molecular formula is C16H14N8O5S. The molecule has 0 saturated carbocycles. The summed E-state index contributed by atoms with van der Waals surface area (Å²) in [6, 6.07) is 5.29. The molecule has 3 aromatic rings. The highest BCUT2D eigenvalue weighted by molar-refractivity contribution is 7.15. The molecule has 0 aliphatic heterocycles. The molecule has 3 rings (SSSR count). The lowest BCUT2D eigenvalue weighted by Gasteiger charge is -2.10. The highest BCUT2D eigenvalue weighted by atomic mass is 32.1. The van der Waals surface area contributed by atoms with E-state index in [9.17, 15) is 25.0 Å². The molecule has 0 bridgehead atoms. The second-order valence-corrected chi connectivity index (χ2v) is 7.02. The molecule has 0 saturated heterocycles. The number of nitrogens with zero attached hydrogens (tertiary/aromatic N) is 5. The Morgan fingerprint density at radius 2 is 1.77 bits per heavy atom. The normalized spacial score (nSPS) is 10.3. The highest BCUT2D eigenvalue weighted by Gasteiger charge is 2.25. The number of aromatic nitrogens is 3. The maximum Gasteiger partial charge on any atom is 0.355 e. The Morgan fingerprint density at radius 1 is 1.07 bits per heavy atom. The van der Waals surface area contributed by atoms with Crippen LogP contribution < -0.4 is 16.2 Å². The van der Waals surface area contributed by atoms with E-state index in [0.717, 1.165) is 16.9 Å². The molecule has 2 heterocycles. The average Bonchev–Trinajstić information content (AvgIpc) is 3.02. The predicted molar refractivity (Wildman–Crippen MR) is 108 cm³/mol. The first kappa shape index (κ1) is 20.5. The van der Waals surface area contributed by atoms with Crippen molar-refractivity contribution < 1.29 is 14.6 Å². The maximum absolute atomic E-state index is 12.3. The van der Waals surface area contributed by atoms with Gasteiger partial charge in [-0.2, -0.15) is 0 Å². The minimum atomic E-state index is -0.865. The largest absolute Gasteiger partial charge is 0.355 e. The highest BCUT2D eigenvalue weighted by Crippen LogP contribution is 2.32. The number of hydrogen-bond donors (Lipinski definition) is 3. The second-order valence-electron chi connectivity index (χ2n) is 5.82. The van der Waals surface area contributed by atoms with E-state index < -0.39 is 27.1 Å². The molecule has 2 aromatic heterocycles. The molecule has 0 atom stereocenters. The van der Waals surface area contributed by atoms with Crippen molar-refractivity contribution in [1.29, 1.82) is 0 Å². The topological polar surface area (TPSA) is 178 Å². The number of nitro groups is 2. The first-order valence-corrected chi connectivity index (χ1v) is 9.09. The predicted octanol–water partition coefficient (Wildman–Crippen LogP) is 2.87. The van der Waals surface area contributed by atoms with Crippen LogP contribution in [-0.4, -0.2) is 30.7 Å². The number of hydrazine groups is 1. The Balaban J connectivity index is 1.85. The van der Waals surface area contributed by atoms with E-state index in [1.807, 2.05) is 6.92 Å². The quantitative estimate of drug-likeness (QED) is 0.373. The van der Waals surface area contributed by atoms with Gasteiger partial charge in [-0.25, -0.2) is 15.0 Å². The molecule has 0 fully saturated rings. The van der Waals surface area contributed by atoms with Crippen molar-refractivity contribution in [3.05, 3.63) is 67.0 Å². The van der Waals surface area contributed by atoms with Crippen LogP contribution in [0.3, 0.4) is 0 Å². The van der Waals surface area contributed by atoms with Crippen molar-refractivity contribution >= 4 is 45.4 Å². The van der Waals surface area contributed by atoms with E-state index >= 15 is 0 Å². The fourth-order valence-electron chi connectivity index (χ4n) is 2.37. The van der Waals surface area contributed by atoms with Crippen LogP contribution in [0.1, 0.15) is 20.9 Å². The van der Waals surface area contributed by atoms with Crippen LogP contribution in [0.5, 0.6) is 0 Å². The third-order valence-corrected chi connectivity index (χ3v) is 4.89. The SMILES string of the molecule is Cc1nc(Nc2ncnc(NNC(=O)c3ccccc3[N+](=O)[O-])c2[N+](=O)[O-])sc1C. The van der Waals surface area contributed by atoms with Crippen molar-refractivity contribution in [3.63, 3.8) is 0 Å². The van der Waals surface area contributed by atoms with Crippen LogP contribution in [0.15, 0.2) is 30.6 Å². The minimum Gasteiger partial charge on any atom is -0.310 e. The summed E-state index contributed by atoms with van der Waals surface area (Å²) in [6.45, 7) is 3.66. The van der Waals surface area contributed by atoms with Gasteiger partial charge in [0.2, 0.25) is 11.6 Å². The van der Waals surface area contributed by atoms with Crippen molar-refractivity contribution in [3.8, 4) is 0 Å². The van der Waals surface area contributed by atoms with Crippen molar-refractivity contribution in [2.75, 3.05) is 10.7 Å². The smallest absolute Gasteiger partial charge is 0.310 e. The standard InChI is InChI=1S/C16H14N8O5S/c1-8-9(2)30-16(19-8)20-13-12(24(28)29)14(18-7-17-13)21-22-15(25)10-5-3-4-6-11(10)23(26)27/h3-7H,1-2H3,(H,22,25)(H2,17,18,19,20,21). The Bertz CT molecular complexity index is 1130. The summed E-state index contributed by atoms with van der Waals surface area (Å²) in [6.07, 6.45) is 1.06. The van der Waals surface area contributed by atoms with Gasteiger partial charge < -0.3 is 5.32 Å². The third kappa shape index (κ3) is 4.27. The number of rotatable bonds is 7. The van der Waals surface area contributed by atoms with E-state index in [0.29, 0.717) is 5.13 Å². The fourth-order valence-corrected chi connectivity index (χ4v) is 3.18. The van der Waals surface area contributed by atoms with Gasteiger partial charge in [-0.1, -0.05) is 12.1 Å². The molecule has 1 aromatic carbocycles. The summed E-state index contributed by atoms with van der Waals surface area (Å²) in [5.74, 6) is -1.31. The van der Waals surface area contributed by atoms with Crippen LogP contribution in [0.25, 0.3) is 0 Å². The van der Waals surface area contributed by atoms with Crippen molar-refractivity contribution in [2.45, 2.75) is 13.8 Å². The van der Waals surface area contributed by atoms with Crippen LogP contribution in [0, 0.1) is 34.1 Å². The zero-order valence-corrected chi connectivity index (χ0v) is 16.4. The molecule has 0 unspecified atom stereocenters. The Labute approximate surface area is 172 Å². The third-order valence-electron chi connectivity index (χ3n) is 3.90. The van der Waals surface area contributed by atoms with E-state index in [1.165, 1.54) is 35.6 Å². The van der Waals surface area contributed by atoms with Crippen molar-refractivity contribution in [1.82, 2.24) is 20.4 Å². The number of nitro benzene ring substituents is 1. The number of anilines is 3. The van der Waals surface area contributed by atoms with Gasteiger partial charge in [0.1, 0.15) is 11.9 Å². The summed E-state index contributed by atoms with van der Waals surface area (Å²) in [7, 11) is 0. The van der Waals surface area contributed by atoms with Gasteiger partial charge in [0, 0.05) is 10.9 Å². The van der Waals surface area contributed by atoms with Gasteiger partial charge in [-0.3, -0.25) is 35.9 Å². The summed E-state index contributed by atoms with van der Waals surface area (Å²) in [5.41, 5.74) is 4.11. The molecule has 0 radical (unpaired) electrons. The number of carbonyl (C=O) groups is 1. The van der Waals surface area contributed by atoms with Gasteiger partial charge in [0.05, 0.1) is 15.5 Å². The Kier molecular flexibility index (Phi) is 5.78. The van der Waals surface area contributed by atoms with Gasteiger partial charge in [0.25, 0.3) is 11.6 Å². The van der Waals surface area contributed by atoms with E-state index in [2.05, 4.69) is 31.1 Å². The summed E-state index contributed by atoms with van der Waals surface area (Å²) in [5, 5.41) is 25.8. The van der Waals surface area contributed by atoms with Gasteiger partial charge >= 0.3 is 5.69 Å². The van der Waals surface area contributed by atoms with Crippen LogP contribution in [0.4, 0.5) is 28.1 Å². The maximum atomic E-state index is 12.3. The van der Waals surface area contributed by atoms with Crippen LogP contribution in [0.2, 0.25) is 0 Å². The number of aryl methyl sites for hydroxylation is 2. The monoisotopic (exact) mass is 430 g/mol. The molecule has 0 spiro atoms. The number of thiazole rings is 1. The minimum absolute atomic E-state index is 0.133. The number of nitrogens with one attached hydrogen (secondary N) is 3. The number of carbonyl (C=O) groups excluding carboxylic acids is 1. The molecule has 14 heteroatoms. The average molecular weight is 430 g/mol. The number of amides is 1. The molecule has 13 nitrogen and oxygen atoms in total. The lowest BCUT2D eigenvalue weighted by molar-refractivity contribution is -0.385. The zero-order valence-electron chi connectivity index (χ0n) is 15.6. The van der Waals surface area contributed by atoms with Gasteiger partial charge in [-0.15, -0.1) is 11.3 Å². The van der Waals surface area contributed by atoms with Gasteiger partial charge in [-0.05, 0) is 19.9 Å². The van der Waals surface area contributed by atoms with Gasteiger partial charge in [0.15, 0.2) is 5.13 Å². The van der Waals surface area contributed by atoms with Crippen molar-refractivity contribution in [2.24, 2.45) is 0 Å². The number of benzene rings is 1. The molecule has 0 aliphatic rings. The number of para-hydroxylation sites is 1. The molecular weight excluding hydrogens is 416 g/mol. The second kappa shape index (κ2) is 8.44.